The van der Waals surface area contributed by atoms with Crippen LogP contribution in [-0.2, 0) is 29.2 Å². The van der Waals surface area contributed by atoms with E-state index in [9.17, 15) is 31.1 Å². The lowest BCUT2D eigenvalue weighted by atomic mass is 9.79. The van der Waals surface area contributed by atoms with Gasteiger partial charge in [-0.05, 0) is 55.2 Å². The zero-order valence-electron chi connectivity index (χ0n) is 22.5. The Balaban J connectivity index is 0.00000588. The molecular weight excluding hydrogens is 619 g/mol. The van der Waals surface area contributed by atoms with E-state index in [4.69, 9.17) is 39.5 Å². The topological polar surface area (TPSA) is 61.0 Å². The minimum Gasteiger partial charge on any atom is -0.434 e. The molecule has 230 valence electrons. The van der Waals surface area contributed by atoms with Gasteiger partial charge in [-0.3, -0.25) is 4.90 Å². The normalized spacial score (nSPS) is 21.1. The van der Waals surface area contributed by atoms with Gasteiger partial charge in [-0.1, -0.05) is 86.8 Å². The second kappa shape index (κ2) is 13.6. The molecular formula is C28H32Cl3F6NO3. The van der Waals surface area contributed by atoms with Gasteiger partial charge in [0, 0.05) is 5.56 Å². The van der Waals surface area contributed by atoms with Crippen LogP contribution in [0.4, 0.5) is 31.1 Å². The first kappa shape index (κ1) is 35.3. The summed E-state index contributed by atoms with van der Waals surface area (Å²) in [5.41, 5.74) is -4.41. The monoisotopic (exact) mass is 649 g/mol. The first-order valence-electron chi connectivity index (χ1n) is 13.0. The Morgan fingerprint density at radius 2 is 1.39 bits per heavy atom. The van der Waals surface area contributed by atoms with E-state index in [1.807, 2.05) is 0 Å². The van der Waals surface area contributed by atoms with E-state index in [0.29, 0.717) is 24.1 Å². The van der Waals surface area contributed by atoms with Gasteiger partial charge >= 0.3 is 18.4 Å². The first-order chi connectivity index (χ1) is 18.6. The molecule has 2 unspecified atom stereocenters. The highest BCUT2D eigenvalue weighted by atomic mass is 35.5. The zero-order valence-corrected chi connectivity index (χ0v) is 24.8. The van der Waals surface area contributed by atoms with Crippen molar-refractivity contribution in [3.63, 3.8) is 0 Å². The second-order valence-corrected chi connectivity index (χ2v) is 11.4. The number of unbranched alkanes of at least 4 members (excludes halogenated alkanes) is 5. The lowest BCUT2D eigenvalue weighted by molar-refractivity contribution is -0.143. The highest BCUT2D eigenvalue weighted by molar-refractivity contribution is 6.42. The number of alkyl halides is 7. The summed E-state index contributed by atoms with van der Waals surface area (Å²) in [6, 6.07) is 5.87. The third-order valence-corrected chi connectivity index (χ3v) is 8.77. The second-order valence-electron chi connectivity index (χ2n) is 9.95. The number of nitrogens with zero attached hydrogens (tertiary/aromatic N) is 1. The van der Waals surface area contributed by atoms with Crippen molar-refractivity contribution in [3.8, 4) is 0 Å². The maximum Gasteiger partial charge on any atom is 0.416 e. The predicted octanol–water partition coefficient (Wildman–Crippen LogP) is 10.1. The van der Waals surface area contributed by atoms with Gasteiger partial charge < -0.3 is 10.2 Å². The molecule has 0 radical (unpaired) electrons. The number of ether oxygens (including phenoxy) is 1. The number of amides is 1. The van der Waals surface area contributed by atoms with Crippen LogP contribution in [-0.4, -0.2) is 21.5 Å². The summed E-state index contributed by atoms with van der Waals surface area (Å²) < 4.78 is 86.9. The van der Waals surface area contributed by atoms with Gasteiger partial charge in [0.05, 0.1) is 27.7 Å². The van der Waals surface area contributed by atoms with Crippen LogP contribution in [0.2, 0.25) is 10.0 Å². The minimum atomic E-state index is -5.04. The molecule has 1 heterocycles. The Morgan fingerprint density at radius 1 is 0.829 bits per heavy atom. The summed E-state index contributed by atoms with van der Waals surface area (Å²) in [7, 11) is 0. The van der Waals surface area contributed by atoms with Crippen LogP contribution in [0.5, 0.6) is 0 Å². The van der Waals surface area contributed by atoms with Gasteiger partial charge in [-0.15, -0.1) is 0 Å². The molecule has 1 aliphatic rings. The predicted molar refractivity (Wildman–Crippen MR) is 147 cm³/mol. The Labute approximate surface area is 250 Å². The summed E-state index contributed by atoms with van der Waals surface area (Å²) in [6.07, 6.45) is -5.20. The maximum atomic E-state index is 13.5. The average molecular weight is 651 g/mol. The van der Waals surface area contributed by atoms with Crippen LogP contribution >= 0.6 is 34.8 Å². The van der Waals surface area contributed by atoms with Crippen molar-refractivity contribution in [3.05, 3.63) is 68.7 Å². The first-order valence-corrected chi connectivity index (χ1v) is 14.2. The number of hydrogen-bond donors (Lipinski definition) is 0. The van der Waals surface area contributed by atoms with Gasteiger partial charge in [0.15, 0.2) is 10.6 Å². The number of carbonyl (C=O) groups excluding carboxylic acids is 1. The lowest BCUT2D eigenvalue weighted by Crippen LogP contribution is -2.52. The van der Waals surface area contributed by atoms with E-state index in [1.165, 1.54) is 12.1 Å². The number of benzene rings is 2. The highest BCUT2D eigenvalue weighted by Crippen LogP contribution is 2.55. The summed E-state index contributed by atoms with van der Waals surface area (Å²) in [5, 5.41) is 0.431. The van der Waals surface area contributed by atoms with Gasteiger partial charge in [0.2, 0.25) is 0 Å². The number of hydrogen-bond acceptors (Lipinski definition) is 2. The SMILES string of the molecule is CCCCCCCCC1(c2ccc(Cl)c(Cl)c2)OC(=O)N(Cc2cc(C(F)(F)F)cc(C(F)(F)F)c2)C1(Cl)CC.O. The molecule has 2 aromatic carbocycles. The minimum absolute atomic E-state index is 0. The fourth-order valence-corrected chi connectivity index (χ4v) is 5.84. The molecule has 13 heteroatoms. The third kappa shape index (κ3) is 7.56. The van der Waals surface area contributed by atoms with Crippen LogP contribution in [0.15, 0.2) is 36.4 Å². The van der Waals surface area contributed by atoms with Crippen molar-refractivity contribution in [2.45, 2.75) is 94.7 Å². The highest BCUT2D eigenvalue weighted by Gasteiger charge is 2.64. The van der Waals surface area contributed by atoms with Crippen LogP contribution in [0.3, 0.4) is 0 Å². The molecule has 1 saturated heterocycles. The number of rotatable bonds is 11. The molecule has 3 rings (SSSR count). The summed E-state index contributed by atoms with van der Waals surface area (Å²) in [6.45, 7) is 3.13. The van der Waals surface area contributed by atoms with E-state index in [1.54, 1.807) is 13.0 Å². The van der Waals surface area contributed by atoms with E-state index in [0.717, 1.165) is 37.0 Å². The number of halogens is 9. The van der Waals surface area contributed by atoms with Crippen molar-refractivity contribution in [2.24, 2.45) is 0 Å². The molecule has 4 nitrogen and oxygen atoms in total. The van der Waals surface area contributed by atoms with E-state index < -0.39 is 46.7 Å². The fourth-order valence-electron chi connectivity index (χ4n) is 5.17. The number of carbonyl (C=O) groups is 1. The van der Waals surface area contributed by atoms with Crippen LogP contribution in [0, 0.1) is 0 Å². The van der Waals surface area contributed by atoms with E-state index >= 15 is 0 Å². The quantitative estimate of drug-likeness (QED) is 0.105. The molecule has 1 fully saturated rings. The largest absolute Gasteiger partial charge is 0.434 e. The molecule has 1 amide bonds. The summed E-state index contributed by atoms with van der Waals surface area (Å²) >= 11 is 19.6. The molecule has 2 aromatic rings. The van der Waals surface area contributed by atoms with E-state index in [-0.39, 0.29) is 40.0 Å². The van der Waals surface area contributed by atoms with Gasteiger partial charge in [-0.25, -0.2) is 4.79 Å². The van der Waals surface area contributed by atoms with Crippen molar-refractivity contribution >= 4 is 40.9 Å². The Bertz CT molecular complexity index is 1180. The lowest BCUT2D eigenvalue weighted by Gasteiger charge is -2.42. The molecule has 0 aliphatic carbocycles. The molecule has 0 spiro atoms. The molecule has 1 aliphatic heterocycles. The molecule has 2 N–H and O–H groups in total. The van der Waals surface area contributed by atoms with E-state index in [2.05, 4.69) is 6.92 Å². The third-order valence-electron chi connectivity index (χ3n) is 7.25. The van der Waals surface area contributed by atoms with Crippen molar-refractivity contribution in [1.82, 2.24) is 4.90 Å². The number of cyclic esters (lactones) is 1. The van der Waals surface area contributed by atoms with Crippen molar-refractivity contribution in [1.29, 1.82) is 0 Å². The standard InChI is InChI=1S/C28H30Cl3F6NO2.H2O/c1-3-5-6-7-8-9-12-25(19-10-11-22(29)23(30)16-19)26(31,4-2)38(24(39)40-25)17-18-13-20(27(32,33)34)15-21(14-18)28(35,36)37;/h10-11,13-16H,3-9,12,17H2,1-2H3;1H2. The van der Waals surface area contributed by atoms with Crippen LogP contribution < -0.4 is 0 Å². The Kier molecular flexibility index (Phi) is 11.7. The molecule has 41 heavy (non-hydrogen) atoms. The van der Waals surface area contributed by atoms with Gasteiger partial charge in [-0.2, -0.15) is 26.3 Å². The summed E-state index contributed by atoms with van der Waals surface area (Å²) in [4.78, 5) is 12.7. The maximum absolute atomic E-state index is 13.5. The van der Waals surface area contributed by atoms with Crippen molar-refractivity contribution < 1.29 is 41.4 Å². The summed E-state index contributed by atoms with van der Waals surface area (Å²) in [5.74, 6) is 0. The zero-order chi connectivity index (χ0) is 29.9. The molecule has 2 atom stereocenters. The average Bonchev–Trinajstić information content (AvgIpc) is 3.09. The molecule has 0 bridgehead atoms. The van der Waals surface area contributed by atoms with Crippen molar-refractivity contribution in [2.75, 3.05) is 0 Å². The molecule has 0 saturated carbocycles. The van der Waals surface area contributed by atoms with Crippen LogP contribution in [0.1, 0.15) is 87.5 Å². The Hall–Kier alpha value is -1.88. The van der Waals surface area contributed by atoms with Gasteiger partial charge in [0.25, 0.3) is 0 Å². The fraction of sp³-hybridized carbons (Fsp3) is 0.536. The van der Waals surface area contributed by atoms with Gasteiger partial charge in [0.1, 0.15) is 0 Å². The Morgan fingerprint density at radius 3 is 1.90 bits per heavy atom. The van der Waals surface area contributed by atoms with Crippen LogP contribution in [0.25, 0.3) is 0 Å². The smallest absolute Gasteiger partial charge is 0.416 e. The molecule has 0 aromatic heterocycles.